The van der Waals surface area contributed by atoms with E-state index < -0.39 is 5.97 Å². The molecule has 2 nitrogen and oxygen atoms in total. The molecular formula is C26H51O2+. The van der Waals surface area contributed by atoms with Gasteiger partial charge in [-0.2, -0.15) is 0 Å². The topological polar surface area (TPSA) is 37.3 Å². The fraction of sp³-hybridized carbons (Fsp3) is 0.923. The van der Waals surface area contributed by atoms with Crippen molar-refractivity contribution in [2.45, 2.75) is 149 Å². The quantitative estimate of drug-likeness (QED) is 0.138. The summed E-state index contributed by atoms with van der Waals surface area (Å²) in [5.41, 5.74) is 0. The summed E-state index contributed by atoms with van der Waals surface area (Å²) in [5.74, 6) is 0.176. The van der Waals surface area contributed by atoms with Gasteiger partial charge < -0.3 is 5.11 Å². The number of aliphatic carboxylic acids is 1. The molecule has 0 saturated carbocycles. The van der Waals surface area contributed by atoms with E-state index in [2.05, 4.69) is 20.3 Å². The molecule has 0 aliphatic heterocycles. The van der Waals surface area contributed by atoms with Crippen molar-refractivity contribution >= 4 is 5.97 Å². The molecule has 0 rings (SSSR count). The van der Waals surface area contributed by atoms with Crippen molar-refractivity contribution in [3.63, 3.8) is 0 Å². The van der Waals surface area contributed by atoms with Crippen LogP contribution >= 0.6 is 0 Å². The Kier molecular flexibility index (Phi) is 22.1. The van der Waals surface area contributed by atoms with Crippen molar-refractivity contribution in [1.82, 2.24) is 0 Å². The lowest BCUT2D eigenvalue weighted by atomic mass is 10.0. The SMILES string of the molecule is CC(C)C[CH+]CCCCCCCCCCCCCCCCCCCCC(=O)O. The Hall–Kier alpha value is -0.660. The second-order valence-corrected chi connectivity index (χ2v) is 9.21. The van der Waals surface area contributed by atoms with Gasteiger partial charge in [0.15, 0.2) is 0 Å². The molecule has 0 unspecified atom stereocenters. The number of hydrogen-bond acceptors (Lipinski definition) is 1. The maximum absolute atomic E-state index is 10.4. The number of unbranched alkanes of at least 4 members (excludes halogenated alkanes) is 19. The zero-order valence-corrected chi connectivity index (χ0v) is 19.4. The van der Waals surface area contributed by atoms with Gasteiger partial charge in [-0.15, -0.1) is 0 Å². The summed E-state index contributed by atoms with van der Waals surface area (Å²) in [5, 5.41) is 8.58. The Balaban J connectivity index is 3.00. The van der Waals surface area contributed by atoms with Gasteiger partial charge in [0, 0.05) is 6.42 Å². The fourth-order valence-corrected chi connectivity index (χ4v) is 3.84. The lowest BCUT2D eigenvalue weighted by molar-refractivity contribution is -0.137. The highest BCUT2D eigenvalue weighted by molar-refractivity contribution is 5.66. The Bertz CT molecular complexity index is 312. The number of carboxylic acids is 1. The van der Waals surface area contributed by atoms with Crippen LogP contribution in [0, 0.1) is 12.3 Å². The monoisotopic (exact) mass is 395 g/mol. The molecule has 2 heteroatoms. The summed E-state index contributed by atoms with van der Waals surface area (Å²) in [6, 6.07) is 0. The van der Waals surface area contributed by atoms with Gasteiger partial charge in [-0.25, -0.2) is 0 Å². The van der Waals surface area contributed by atoms with Crippen molar-refractivity contribution in [3.05, 3.63) is 6.42 Å². The van der Waals surface area contributed by atoms with Crippen molar-refractivity contribution in [2.24, 2.45) is 5.92 Å². The second-order valence-electron chi connectivity index (χ2n) is 9.21. The standard InChI is InChI=1S/C26H50O2/c1-25(2)23-21-19-17-15-13-11-9-7-5-3-4-6-8-10-12-14-16-18-20-22-24-26(27)28/h21,25H,3-20,22-24H2,1-2H3/p+1. The number of rotatable bonds is 23. The van der Waals surface area contributed by atoms with E-state index in [1.54, 1.807) is 0 Å². The van der Waals surface area contributed by atoms with E-state index in [0.29, 0.717) is 6.42 Å². The Morgan fingerprint density at radius 2 is 0.929 bits per heavy atom. The average molecular weight is 396 g/mol. The van der Waals surface area contributed by atoms with Crippen LogP contribution < -0.4 is 0 Å². The third-order valence-electron chi connectivity index (χ3n) is 5.69. The van der Waals surface area contributed by atoms with Crippen LogP contribution in [0.1, 0.15) is 149 Å². The van der Waals surface area contributed by atoms with Gasteiger partial charge in [-0.3, -0.25) is 4.79 Å². The normalized spacial score (nSPS) is 11.2. The fourth-order valence-electron chi connectivity index (χ4n) is 3.84. The highest BCUT2D eigenvalue weighted by Gasteiger charge is 2.02. The molecule has 0 heterocycles. The molecule has 0 aromatic heterocycles. The zero-order valence-electron chi connectivity index (χ0n) is 19.4. The first-order chi connectivity index (χ1) is 13.6. The largest absolute Gasteiger partial charge is 0.481 e. The third-order valence-corrected chi connectivity index (χ3v) is 5.69. The average Bonchev–Trinajstić information content (AvgIpc) is 2.65. The van der Waals surface area contributed by atoms with Gasteiger partial charge in [0.1, 0.15) is 0 Å². The smallest absolute Gasteiger partial charge is 0.303 e. The Morgan fingerprint density at radius 1 is 0.607 bits per heavy atom. The molecule has 0 aromatic carbocycles. The van der Waals surface area contributed by atoms with E-state index >= 15 is 0 Å². The van der Waals surface area contributed by atoms with Crippen LogP contribution in [-0.4, -0.2) is 11.1 Å². The van der Waals surface area contributed by atoms with Gasteiger partial charge in [-0.1, -0.05) is 110 Å². The van der Waals surface area contributed by atoms with Gasteiger partial charge in [-0.05, 0) is 25.2 Å². The Morgan fingerprint density at radius 3 is 1.25 bits per heavy atom. The molecule has 0 radical (unpaired) electrons. The summed E-state index contributed by atoms with van der Waals surface area (Å²) in [6.07, 6.45) is 29.7. The van der Waals surface area contributed by atoms with Crippen LogP contribution in [0.3, 0.4) is 0 Å². The molecule has 0 aliphatic carbocycles. The van der Waals surface area contributed by atoms with Gasteiger partial charge in [0.2, 0.25) is 0 Å². The van der Waals surface area contributed by atoms with E-state index in [1.165, 1.54) is 116 Å². The first kappa shape index (κ1) is 27.3. The zero-order chi connectivity index (χ0) is 20.7. The second kappa shape index (κ2) is 22.6. The first-order valence-corrected chi connectivity index (χ1v) is 12.7. The van der Waals surface area contributed by atoms with E-state index in [9.17, 15) is 4.79 Å². The molecule has 1 N–H and O–H groups in total. The first-order valence-electron chi connectivity index (χ1n) is 12.7. The van der Waals surface area contributed by atoms with Crippen LogP contribution in [0.15, 0.2) is 0 Å². The molecule has 28 heavy (non-hydrogen) atoms. The summed E-state index contributed by atoms with van der Waals surface area (Å²) >= 11 is 0. The van der Waals surface area contributed by atoms with Crippen LogP contribution in [0.5, 0.6) is 0 Å². The number of carbonyl (C=O) groups is 1. The molecule has 0 aliphatic rings. The highest BCUT2D eigenvalue weighted by Crippen LogP contribution is 2.15. The van der Waals surface area contributed by atoms with Crippen LogP contribution in [0.4, 0.5) is 0 Å². The van der Waals surface area contributed by atoms with Crippen LogP contribution in [0.25, 0.3) is 0 Å². The number of hydrogen-bond donors (Lipinski definition) is 1. The minimum atomic E-state index is -0.651. The van der Waals surface area contributed by atoms with Crippen molar-refractivity contribution in [1.29, 1.82) is 0 Å². The molecule has 0 fully saturated rings. The lowest BCUT2D eigenvalue weighted by Gasteiger charge is -2.03. The molecule has 0 spiro atoms. The maximum atomic E-state index is 10.4. The van der Waals surface area contributed by atoms with Crippen molar-refractivity contribution in [2.75, 3.05) is 0 Å². The summed E-state index contributed by atoms with van der Waals surface area (Å²) in [6.45, 7) is 4.60. The van der Waals surface area contributed by atoms with E-state index in [1.807, 2.05) is 0 Å². The van der Waals surface area contributed by atoms with E-state index in [-0.39, 0.29) is 0 Å². The minimum Gasteiger partial charge on any atom is -0.481 e. The van der Waals surface area contributed by atoms with Gasteiger partial charge in [0.05, 0.1) is 19.3 Å². The van der Waals surface area contributed by atoms with Crippen molar-refractivity contribution < 1.29 is 9.90 Å². The molecule has 0 bridgehead atoms. The molecular weight excluding hydrogens is 344 g/mol. The Labute approximate surface area is 177 Å². The number of carboxylic acid groups (broad SMARTS) is 1. The summed E-state index contributed by atoms with van der Waals surface area (Å²) in [7, 11) is 0. The molecule has 0 saturated heterocycles. The maximum Gasteiger partial charge on any atom is 0.303 e. The predicted molar refractivity (Wildman–Crippen MR) is 124 cm³/mol. The minimum absolute atomic E-state index is 0.345. The summed E-state index contributed by atoms with van der Waals surface area (Å²) < 4.78 is 0. The molecule has 0 amide bonds. The molecule has 0 aromatic rings. The van der Waals surface area contributed by atoms with E-state index in [0.717, 1.165) is 18.8 Å². The predicted octanol–water partition coefficient (Wildman–Crippen LogP) is 9.12. The van der Waals surface area contributed by atoms with Gasteiger partial charge in [0.25, 0.3) is 0 Å². The van der Waals surface area contributed by atoms with Gasteiger partial charge >= 0.3 is 5.97 Å². The van der Waals surface area contributed by atoms with Crippen LogP contribution in [0.2, 0.25) is 0 Å². The molecule has 0 atom stereocenters. The highest BCUT2D eigenvalue weighted by atomic mass is 16.4. The third kappa shape index (κ3) is 25.3. The molecule has 166 valence electrons. The van der Waals surface area contributed by atoms with E-state index in [4.69, 9.17) is 5.11 Å². The van der Waals surface area contributed by atoms with Crippen molar-refractivity contribution in [3.8, 4) is 0 Å². The van der Waals surface area contributed by atoms with Crippen LogP contribution in [-0.2, 0) is 4.79 Å². The lowest BCUT2D eigenvalue weighted by Crippen LogP contribution is -1.93. The summed E-state index contributed by atoms with van der Waals surface area (Å²) in [4.78, 5) is 10.4.